The van der Waals surface area contributed by atoms with Crippen molar-refractivity contribution in [3.05, 3.63) is 89.5 Å². The highest BCUT2D eigenvalue weighted by Gasteiger charge is 2.22. The second-order valence-corrected chi connectivity index (χ2v) is 5.91. The van der Waals surface area contributed by atoms with Crippen LogP contribution >= 0.6 is 0 Å². The highest BCUT2D eigenvalue weighted by molar-refractivity contribution is 6.01. The molecule has 2 nitrogen and oxygen atoms in total. The molecule has 0 aromatic heterocycles. The first-order chi connectivity index (χ1) is 11.3. The summed E-state index contributed by atoms with van der Waals surface area (Å²) >= 11 is 0. The monoisotopic (exact) mass is 299 g/mol. The summed E-state index contributed by atoms with van der Waals surface area (Å²) in [5.41, 5.74) is 3.06. The molecule has 112 valence electrons. The summed E-state index contributed by atoms with van der Waals surface area (Å²) in [6.45, 7) is 0. The number of carbonyl (C=O) groups is 1. The molecule has 1 aliphatic rings. The third-order valence-electron chi connectivity index (χ3n) is 4.29. The molecule has 0 spiro atoms. The van der Waals surface area contributed by atoms with E-state index in [0.717, 1.165) is 28.5 Å². The molecule has 3 aromatic rings. The average molecular weight is 299 g/mol. The van der Waals surface area contributed by atoms with Gasteiger partial charge in [0.15, 0.2) is 0 Å². The summed E-state index contributed by atoms with van der Waals surface area (Å²) < 4.78 is 0. The lowest BCUT2D eigenvalue weighted by atomic mass is 9.92. The van der Waals surface area contributed by atoms with Gasteiger partial charge < -0.3 is 5.32 Å². The number of fused-ring (bicyclic) bond motifs is 2. The van der Waals surface area contributed by atoms with Crippen LogP contribution in [0.4, 0.5) is 0 Å². The van der Waals surface area contributed by atoms with E-state index in [1.807, 2.05) is 42.5 Å². The summed E-state index contributed by atoms with van der Waals surface area (Å²) in [7, 11) is 0. The zero-order valence-corrected chi connectivity index (χ0v) is 12.7. The molecule has 0 radical (unpaired) electrons. The molecule has 0 unspecified atom stereocenters. The molecular formula is C21H17NO. The Morgan fingerprint density at radius 2 is 1.61 bits per heavy atom. The minimum atomic E-state index is 0.0136. The van der Waals surface area contributed by atoms with E-state index in [-0.39, 0.29) is 11.9 Å². The van der Waals surface area contributed by atoms with Crippen LogP contribution in [0.2, 0.25) is 0 Å². The van der Waals surface area contributed by atoms with Crippen LogP contribution in [0.15, 0.2) is 72.8 Å². The fraction of sp³-hybridized carbons (Fsp3) is 0.0952. The van der Waals surface area contributed by atoms with Crippen LogP contribution in [-0.4, -0.2) is 11.9 Å². The van der Waals surface area contributed by atoms with Crippen LogP contribution in [0, 0.1) is 0 Å². The quantitative estimate of drug-likeness (QED) is 0.754. The second-order valence-electron chi connectivity index (χ2n) is 5.91. The Labute approximate surface area is 135 Å². The number of rotatable bonds is 2. The molecule has 1 amide bonds. The van der Waals surface area contributed by atoms with Crippen LogP contribution in [-0.2, 0) is 6.42 Å². The highest BCUT2D eigenvalue weighted by Crippen LogP contribution is 2.24. The Kier molecular flexibility index (Phi) is 3.43. The van der Waals surface area contributed by atoms with Crippen molar-refractivity contribution in [3.8, 4) is 0 Å². The van der Waals surface area contributed by atoms with E-state index in [1.54, 1.807) is 0 Å². The standard InChI is InChI=1S/C21H17NO/c23-21-20-14-17-9-5-4-8-16(17)12-18(20)13-19(22-21)11-10-15-6-2-1-3-7-15/h1-12,14,19H,13H2,(H,22,23)/b11-10+/t19-/m0/s1. The molecule has 0 saturated carbocycles. The minimum absolute atomic E-state index is 0.0136. The van der Waals surface area contributed by atoms with E-state index in [1.165, 1.54) is 5.39 Å². The van der Waals surface area contributed by atoms with Crippen molar-refractivity contribution in [2.24, 2.45) is 0 Å². The van der Waals surface area contributed by atoms with Gasteiger partial charge >= 0.3 is 0 Å². The fourth-order valence-corrected chi connectivity index (χ4v) is 3.11. The van der Waals surface area contributed by atoms with Crippen molar-refractivity contribution in [1.82, 2.24) is 5.32 Å². The van der Waals surface area contributed by atoms with Gasteiger partial charge in [0.05, 0.1) is 6.04 Å². The molecule has 4 rings (SSSR count). The third-order valence-corrected chi connectivity index (χ3v) is 4.29. The number of benzene rings is 3. The second kappa shape index (κ2) is 5.73. The Hall–Kier alpha value is -2.87. The van der Waals surface area contributed by atoms with E-state index in [4.69, 9.17) is 0 Å². The van der Waals surface area contributed by atoms with Crippen molar-refractivity contribution < 1.29 is 4.79 Å². The predicted molar refractivity (Wildman–Crippen MR) is 94.4 cm³/mol. The lowest BCUT2D eigenvalue weighted by molar-refractivity contribution is 0.0934. The highest BCUT2D eigenvalue weighted by atomic mass is 16.1. The minimum Gasteiger partial charge on any atom is -0.345 e. The van der Waals surface area contributed by atoms with Gasteiger partial charge in [0.2, 0.25) is 0 Å². The van der Waals surface area contributed by atoms with Crippen molar-refractivity contribution in [3.63, 3.8) is 0 Å². The molecule has 1 aliphatic heterocycles. The number of hydrogen-bond donors (Lipinski definition) is 1. The number of amides is 1. The van der Waals surface area contributed by atoms with Gasteiger partial charge in [-0.3, -0.25) is 4.79 Å². The van der Waals surface area contributed by atoms with Gasteiger partial charge in [-0.1, -0.05) is 72.8 Å². The maximum absolute atomic E-state index is 12.4. The molecule has 1 atom stereocenters. The van der Waals surface area contributed by atoms with Gasteiger partial charge in [-0.2, -0.15) is 0 Å². The van der Waals surface area contributed by atoms with Crippen molar-refractivity contribution in [2.45, 2.75) is 12.5 Å². The maximum Gasteiger partial charge on any atom is 0.252 e. The van der Waals surface area contributed by atoms with E-state index in [9.17, 15) is 4.79 Å². The van der Waals surface area contributed by atoms with E-state index in [0.29, 0.717) is 0 Å². The normalized spacial score (nSPS) is 17.2. The Balaban J connectivity index is 1.65. The van der Waals surface area contributed by atoms with Gasteiger partial charge in [-0.05, 0) is 34.4 Å². The summed E-state index contributed by atoms with van der Waals surface area (Å²) in [5, 5.41) is 5.38. The zero-order chi connectivity index (χ0) is 15.6. The first-order valence-electron chi connectivity index (χ1n) is 7.85. The molecule has 0 bridgehead atoms. The van der Waals surface area contributed by atoms with Crippen LogP contribution in [0.5, 0.6) is 0 Å². The van der Waals surface area contributed by atoms with Crippen LogP contribution in [0.1, 0.15) is 21.5 Å². The molecular weight excluding hydrogens is 282 g/mol. The Morgan fingerprint density at radius 3 is 2.39 bits per heavy atom. The van der Waals surface area contributed by atoms with Crippen molar-refractivity contribution >= 4 is 22.8 Å². The fourth-order valence-electron chi connectivity index (χ4n) is 3.11. The smallest absolute Gasteiger partial charge is 0.252 e. The van der Waals surface area contributed by atoms with E-state index < -0.39 is 0 Å². The lowest BCUT2D eigenvalue weighted by Gasteiger charge is -2.24. The van der Waals surface area contributed by atoms with E-state index >= 15 is 0 Å². The van der Waals surface area contributed by atoms with Crippen molar-refractivity contribution in [1.29, 1.82) is 0 Å². The summed E-state index contributed by atoms with van der Waals surface area (Å²) in [6.07, 6.45) is 4.97. The average Bonchev–Trinajstić information content (AvgIpc) is 2.59. The van der Waals surface area contributed by atoms with Gasteiger partial charge in [0, 0.05) is 5.56 Å². The molecule has 1 heterocycles. The Morgan fingerprint density at radius 1 is 0.913 bits per heavy atom. The topological polar surface area (TPSA) is 29.1 Å². The molecule has 3 aromatic carbocycles. The molecule has 2 heteroatoms. The van der Waals surface area contributed by atoms with Gasteiger partial charge in [0.25, 0.3) is 5.91 Å². The van der Waals surface area contributed by atoms with Gasteiger partial charge in [-0.15, -0.1) is 0 Å². The first-order valence-corrected chi connectivity index (χ1v) is 7.85. The SMILES string of the molecule is O=C1N[C@@H](/C=C/c2ccccc2)Cc2cc3ccccc3cc21. The molecule has 0 fully saturated rings. The molecule has 0 saturated heterocycles. The number of hydrogen-bond acceptors (Lipinski definition) is 1. The third kappa shape index (κ3) is 2.76. The van der Waals surface area contributed by atoms with Gasteiger partial charge in [0.1, 0.15) is 0 Å². The first kappa shape index (κ1) is 13.8. The summed E-state index contributed by atoms with van der Waals surface area (Å²) in [4.78, 5) is 12.4. The number of carbonyl (C=O) groups excluding carboxylic acids is 1. The lowest BCUT2D eigenvalue weighted by Crippen LogP contribution is -2.40. The van der Waals surface area contributed by atoms with Crippen LogP contribution < -0.4 is 5.32 Å². The predicted octanol–water partition coefficient (Wildman–Crippen LogP) is 4.21. The van der Waals surface area contributed by atoms with Crippen LogP contribution in [0.3, 0.4) is 0 Å². The maximum atomic E-state index is 12.4. The summed E-state index contributed by atoms with van der Waals surface area (Å²) in [5.74, 6) is 0.0136. The van der Waals surface area contributed by atoms with E-state index in [2.05, 4.69) is 41.7 Å². The van der Waals surface area contributed by atoms with Crippen LogP contribution in [0.25, 0.3) is 16.8 Å². The zero-order valence-electron chi connectivity index (χ0n) is 12.7. The largest absolute Gasteiger partial charge is 0.345 e. The van der Waals surface area contributed by atoms with Crippen molar-refractivity contribution in [2.75, 3.05) is 0 Å². The molecule has 1 N–H and O–H groups in total. The van der Waals surface area contributed by atoms with Gasteiger partial charge in [-0.25, -0.2) is 0 Å². The summed E-state index contributed by atoms with van der Waals surface area (Å²) in [6, 6.07) is 22.5. The Bertz CT molecular complexity index is 896. The number of nitrogens with one attached hydrogen (secondary N) is 1. The molecule has 0 aliphatic carbocycles. The molecule has 23 heavy (non-hydrogen) atoms.